The van der Waals surface area contributed by atoms with Crippen molar-refractivity contribution >= 4 is 43.7 Å². The van der Waals surface area contributed by atoms with E-state index >= 15 is 0 Å². The van der Waals surface area contributed by atoms with Gasteiger partial charge in [0.2, 0.25) is 0 Å². The van der Waals surface area contributed by atoms with Gasteiger partial charge in [-0.1, -0.05) is 91.0 Å². The SMILES string of the molecule is c1ccc(-c2nc(-c3ccc(-c4ccc5cccnc5n4)cc3)nc(-c3cccc4oc5cc6ccccc6cc5c34)n2)cc1. The molecule has 0 saturated heterocycles. The highest BCUT2D eigenvalue weighted by molar-refractivity contribution is 6.15. The number of nitrogens with zero attached hydrogens (tertiary/aromatic N) is 5. The first-order valence-electron chi connectivity index (χ1n) is 14.8. The van der Waals surface area contributed by atoms with Crippen LogP contribution in [0.4, 0.5) is 0 Å². The van der Waals surface area contributed by atoms with E-state index in [0.717, 1.165) is 71.7 Å². The minimum absolute atomic E-state index is 0.589. The number of rotatable bonds is 4. The van der Waals surface area contributed by atoms with Crippen LogP contribution in [0.1, 0.15) is 0 Å². The van der Waals surface area contributed by atoms with Gasteiger partial charge in [-0.15, -0.1) is 0 Å². The molecule has 0 aliphatic carbocycles. The minimum Gasteiger partial charge on any atom is -0.456 e. The number of aromatic nitrogens is 5. The molecule has 6 heteroatoms. The molecule has 9 rings (SSSR count). The van der Waals surface area contributed by atoms with Gasteiger partial charge >= 0.3 is 0 Å². The average molecular weight is 578 g/mol. The smallest absolute Gasteiger partial charge is 0.164 e. The molecule has 0 saturated carbocycles. The van der Waals surface area contributed by atoms with E-state index in [9.17, 15) is 0 Å². The summed E-state index contributed by atoms with van der Waals surface area (Å²) in [6.07, 6.45) is 1.76. The molecule has 0 spiro atoms. The van der Waals surface area contributed by atoms with Crippen molar-refractivity contribution in [3.05, 3.63) is 140 Å². The molecule has 0 radical (unpaired) electrons. The number of hydrogen-bond acceptors (Lipinski definition) is 6. The lowest BCUT2D eigenvalue weighted by Crippen LogP contribution is -2.00. The lowest BCUT2D eigenvalue weighted by Gasteiger charge is -2.10. The van der Waals surface area contributed by atoms with Gasteiger partial charge < -0.3 is 4.42 Å². The Hall–Kier alpha value is -6.27. The predicted molar refractivity (Wildman–Crippen MR) is 179 cm³/mol. The molecule has 0 N–H and O–H groups in total. The van der Waals surface area contributed by atoms with Crippen LogP contribution in [0.15, 0.2) is 144 Å². The van der Waals surface area contributed by atoms with Crippen LogP contribution in [0.2, 0.25) is 0 Å². The summed E-state index contributed by atoms with van der Waals surface area (Å²) in [4.78, 5) is 24.2. The monoisotopic (exact) mass is 577 g/mol. The first-order chi connectivity index (χ1) is 22.3. The van der Waals surface area contributed by atoms with Crippen LogP contribution in [0.25, 0.3) is 89.2 Å². The van der Waals surface area contributed by atoms with Gasteiger partial charge in [-0.3, -0.25) is 0 Å². The molecule has 9 aromatic rings. The molecule has 4 aromatic heterocycles. The second-order valence-corrected chi connectivity index (χ2v) is 11.0. The summed E-state index contributed by atoms with van der Waals surface area (Å²) in [5, 5.41) is 5.32. The van der Waals surface area contributed by atoms with Gasteiger partial charge in [0.05, 0.1) is 5.69 Å². The molecule has 0 aliphatic rings. The van der Waals surface area contributed by atoms with Crippen molar-refractivity contribution in [3.8, 4) is 45.4 Å². The molecule has 0 fully saturated rings. The first kappa shape index (κ1) is 25.2. The third-order valence-electron chi connectivity index (χ3n) is 8.17. The van der Waals surface area contributed by atoms with E-state index in [2.05, 4.69) is 41.4 Å². The van der Waals surface area contributed by atoms with E-state index in [4.69, 9.17) is 24.4 Å². The van der Waals surface area contributed by atoms with Crippen LogP contribution in [0.5, 0.6) is 0 Å². The number of hydrogen-bond donors (Lipinski definition) is 0. The lowest BCUT2D eigenvalue weighted by molar-refractivity contribution is 0.669. The van der Waals surface area contributed by atoms with E-state index < -0.39 is 0 Å². The Balaban J connectivity index is 1.21. The van der Waals surface area contributed by atoms with Gasteiger partial charge in [-0.2, -0.15) is 0 Å². The fourth-order valence-electron chi connectivity index (χ4n) is 5.94. The molecule has 45 heavy (non-hydrogen) atoms. The van der Waals surface area contributed by atoms with Crippen molar-refractivity contribution in [1.82, 2.24) is 24.9 Å². The summed E-state index contributed by atoms with van der Waals surface area (Å²) in [6, 6.07) is 44.9. The Morgan fingerprint density at radius 2 is 1.13 bits per heavy atom. The highest BCUT2D eigenvalue weighted by Crippen LogP contribution is 2.38. The summed E-state index contributed by atoms with van der Waals surface area (Å²) >= 11 is 0. The maximum absolute atomic E-state index is 6.35. The van der Waals surface area contributed by atoms with Gasteiger partial charge in [0.15, 0.2) is 23.1 Å². The maximum atomic E-state index is 6.35. The van der Waals surface area contributed by atoms with Gasteiger partial charge in [0.25, 0.3) is 0 Å². The van der Waals surface area contributed by atoms with Crippen molar-refractivity contribution in [2.75, 3.05) is 0 Å². The molecule has 0 amide bonds. The Bertz CT molecular complexity index is 2540. The predicted octanol–water partition coefficient (Wildman–Crippen LogP) is 9.54. The van der Waals surface area contributed by atoms with Crippen LogP contribution < -0.4 is 0 Å². The molecule has 4 heterocycles. The standard InChI is InChI=1S/C39H23N5O/c1-2-8-25(9-3-1)37-42-38(27-17-15-24(16-18-27)32-20-19-26-12-7-21-40-36(26)41-32)44-39(43-37)30-13-6-14-33-35(30)31-22-28-10-4-5-11-29(28)23-34(31)45-33/h1-23H. The van der Waals surface area contributed by atoms with E-state index in [-0.39, 0.29) is 0 Å². The fraction of sp³-hybridized carbons (Fsp3) is 0. The van der Waals surface area contributed by atoms with Gasteiger partial charge in [0.1, 0.15) is 11.2 Å². The van der Waals surface area contributed by atoms with Crippen LogP contribution >= 0.6 is 0 Å². The quantitative estimate of drug-likeness (QED) is 0.207. The summed E-state index contributed by atoms with van der Waals surface area (Å²) in [5.74, 6) is 1.79. The normalized spacial score (nSPS) is 11.6. The third-order valence-corrected chi connectivity index (χ3v) is 8.17. The summed E-state index contributed by atoms with van der Waals surface area (Å²) in [7, 11) is 0. The molecule has 210 valence electrons. The molecular weight excluding hydrogens is 554 g/mol. The van der Waals surface area contributed by atoms with Crippen LogP contribution in [-0.2, 0) is 0 Å². The summed E-state index contributed by atoms with van der Waals surface area (Å²) in [6.45, 7) is 0. The Morgan fingerprint density at radius 3 is 1.96 bits per heavy atom. The molecule has 5 aromatic carbocycles. The highest BCUT2D eigenvalue weighted by atomic mass is 16.3. The second kappa shape index (κ2) is 10.2. The van der Waals surface area contributed by atoms with Gasteiger partial charge in [-0.05, 0) is 53.2 Å². The Morgan fingerprint density at radius 1 is 0.444 bits per heavy atom. The number of benzene rings is 5. The van der Waals surface area contributed by atoms with Crippen molar-refractivity contribution in [3.63, 3.8) is 0 Å². The second-order valence-electron chi connectivity index (χ2n) is 11.0. The summed E-state index contributed by atoms with van der Waals surface area (Å²) < 4.78 is 6.35. The fourth-order valence-corrected chi connectivity index (χ4v) is 5.94. The van der Waals surface area contributed by atoms with E-state index in [0.29, 0.717) is 17.5 Å². The van der Waals surface area contributed by atoms with Gasteiger partial charge in [-0.25, -0.2) is 24.9 Å². The van der Waals surface area contributed by atoms with Crippen molar-refractivity contribution in [2.24, 2.45) is 0 Å². The number of fused-ring (bicyclic) bond motifs is 5. The molecule has 0 aliphatic heterocycles. The zero-order valence-electron chi connectivity index (χ0n) is 23.9. The minimum atomic E-state index is 0.589. The number of pyridine rings is 2. The topological polar surface area (TPSA) is 77.6 Å². The van der Waals surface area contributed by atoms with Crippen molar-refractivity contribution < 1.29 is 4.42 Å². The van der Waals surface area contributed by atoms with E-state index in [1.165, 1.54) is 0 Å². The van der Waals surface area contributed by atoms with Crippen LogP contribution in [0.3, 0.4) is 0 Å². The molecule has 6 nitrogen and oxygen atoms in total. The lowest BCUT2D eigenvalue weighted by atomic mass is 10.0. The Kier molecular flexibility index (Phi) is 5.71. The van der Waals surface area contributed by atoms with Crippen LogP contribution in [0, 0.1) is 0 Å². The Labute approximate surface area is 257 Å². The van der Waals surface area contributed by atoms with Gasteiger partial charge in [0, 0.05) is 44.6 Å². The zero-order valence-corrected chi connectivity index (χ0v) is 23.9. The third kappa shape index (κ3) is 4.39. The summed E-state index contributed by atoms with van der Waals surface area (Å²) in [5.41, 5.74) is 6.90. The van der Waals surface area contributed by atoms with Crippen LogP contribution in [-0.4, -0.2) is 24.9 Å². The average Bonchev–Trinajstić information content (AvgIpc) is 3.48. The molecule has 0 unspecified atom stereocenters. The molecule has 0 atom stereocenters. The largest absolute Gasteiger partial charge is 0.456 e. The van der Waals surface area contributed by atoms with Crippen molar-refractivity contribution in [1.29, 1.82) is 0 Å². The molecular formula is C39H23N5O. The van der Waals surface area contributed by atoms with E-state index in [1.807, 2.05) is 97.1 Å². The zero-order chi connectivity index (χ0) is 29.7. The molecule has 0 bridgehead atoms. The van der Waals surface area contributed by atoms with Crippen molar-refractivity contribution in [2.45, 2.75) is 0 Å². The van der Waals surface area contributed by atoms with E-state index in [1.54, 1.807) is 6.20 Å². The number of furan rings is 1. The first-order valence-corrected chi connectivity index (χ1v) is 14.8. The maximum Gasteiger partial charge on any atom is 0.164 e. The highest BCUT2D eigenvalue weighted by Gasteiger charge is 2.18.